The van der Waals surface area contributed by atoms with Crippen LogP contribution < -0.4 is 5.32 Å². The molecule has 1 heterocycles. The monoisotopic (exact) mass is 326 g/mol. The van der Waals surface area contributed by atoms with Crippen molar-refractivity contribution < 1.29 is 13.2 Å². The zero-order valence-corrected chi connectivity index (χ0v) is 11.4. The van der Waals surface area contributed by atoms with Gasteiger partial charge in [-0.1, -0.05) is 11.6 Å². The Labute approximate surface area is 106 Å². The normalized spacial score (nSPS) is 11.2. The van der Waals surface area contributed by atoms with Crippen molar-refractivity contribution in [2.75, 3.05) is 17.3 Å². The number of carbonyl (C=O) groups is 1. The SMILES string of the molecule is CS(=O)(=O)CC(=O)Nc1cnc(Cl)c(Br)c1. The molecule has 0 saturated heterocycles. The molecule has 0 fully saturated rings. The summed E-state index contributed by atoms with van der Waals surface area (Å²) < 4.78 is 22.2. The van der Waals surface area contributed by atoms with Crippen LogP contribution in [0.5, 0.6) is 0 Å². The van der Waals surface area contributed by atoms with Gasteiger partial charge in [-0.15, -0.1) is 0 Å². The predicted octanol–water partition coefficient (Wildman–Crippen LogP) is 1.48. The van der Waals surface area contributed by atoms with Gasteiger partial charge in [0.1, 0.15) is 10.9 Å². The van der Waals surface area contributed by atoms with Gasteiger partial charge in [-0.25, -0.2) is 13.4 Å². The van der Waals surface area contributed by atoms with Crippen LogP contribution in [0.3, 0.4) is 0 Å². The fourth-order valence-corrected chi connectivity index (χ4v) is 1.93. The van der Waals surface area contributed by atoms with E-state index in [2.05, 4.69) is 26.2 Å². The lowest BCUT2D eigenvalue weighted by molar-refractivity contribution is -0.113. The van der Waals surface area contributed by atoms with Gasteiger partial charge in [0.25, 0.3) is 0 Å². The lowest BCUT2D eigenvalue weighted by Crippen LogP contribution is -2.21. The first-order chi connectivity index (χ1) is 7.28. The Balaban J connectivity index is 2.74. The largest absolute Gasteiger partial charge is 0.324 e. The second-order valence-electron chi connectivity index (χ2n) is 3.11. The van der Waals surface area contributed by atoms with Crippen molar-refractivity contribution in [1.29, 1.82) is 0 Å². The average molecular weight is 328 g/mol. The van der Waals surface area contributed by atoms with Crippen LogP contribution >= 0.6 is 27.5 Å². The predicted molar refractivity (Wildman–Crippen MR) is 65.3 cm³/mol. The highest BCUT2D eigenvalue weighted by Gasteiger charge is 2.11. The number of hydrogen-bond donors (Lipinski definition) is 1. The number of nitrogens with one attached hydrogen (secondary N) is 1. The van der Waals surface area contributed by atoms with Crippen molar-refractivity contribution in [3.05, 3.63) is 21.9 Å². The Bertz CT molecular complexity index is 518. The third kappa shape index (κ3) is 4.46. The van der Waals surface area contributed by atoms with Gasteiger partial charge < -0.3 is 5.32 Å². The van der Waals surface area contributed by atoms with E-state index in [-0.39, 0.29) is 5.15 Å². The summed E-state index contributed by atoms with van der Waals surface area (Å²) in [4.78, 5) is 15.0. The fraction of sp³-hybridized carbons (Fsp3) is 0.250. The quantitative estimate of drug-likeness (QED) is 0.853. The van der Waals surface area contributed by atoms with E-state index in [0.717, 1.165) is 6.26 Å². The van der Waals surface area contributed by atoms with E-state index in [0.29, 0.717) is 10.2 Å². The van der Waals surface area contributed by atoms with Crippen molar-refractivity contribution in [2.24, 2.45) is 0 Å². The minimum atomic E-state index is -3.33. The van der Waals surface area contributed by atoms with E-state index in [4.69, 9.17) is 11.6 Å². The number of nitrogens with zero attached hydrogens (tertiary/aromatic N) is 1. The van der Waals surface area contributed by atoms with Gasteiger partial charge in [-0.05, 0) is 22.0 Å². The maximum absolute atomic E-state index is 11.3. The molecule has 0 aliphatic heterocycles. The lowest BCUT2D eigenvalue weighted by atomic mass is 10.4. The smallest absolute Gasteiger partial charge is 0.239 e. The number of hydrogen-bond acceptors (Lipinski definition) is 4. The summed E-state index contributed by atoms with van der Waals surface area (Å²) in [5.41, 5.74) is 0.380. The average Bonchev–Trinajstić information content (AvgIpc) is 2.08. The highest BCUT2D eigenvalue weighted by atomic mass is 79.9. The number of pyridine rings is 1. The summed E-state index contributed by atoms with van der Waals surface area (Å²) in [6.07, 6.45) is 2.33. The summed E-state index contributed by atoms with van der Waals surface area (Å²) in [5.74, 6) is -1.17. The van der Waals surface area contributed by atoms with Gasteiger partial charge in [0.15, 0.2) is 9.84 Å². The van der Waals surface area contributed by atoms with E-state index < -0.39 is 21.5 Å². The second-order valence-corrected chi connectivity index (χ2v) is 6.47. The first-order valence-electron chi connectivity index (χ1n) is 4.06. The van der Waals surface area contributed by atoms with Gasteiger partial charge in [0.2, 0.25) is 5.91 Å². The molecule has 0 unspecified atom stereocenters. The van der Waals surface area contributed by atoms with Crippen molar-refractivity contribution >= 4 is 49.0 Å². The van der Waals surface area contributed by atoms with Crippen LogP contribution in [0.4, 0.5) is 5.69 Å². The molecular weight excluding hydrogens is 320 g/mol. The molecule has 1 aromatic rings. The zero-order chi connectivity index (χ0) is 12.3. The zero-order valence-electron chi connectivity index (χ0n) is 8.20. The molecule has 1 aromatic heterocycles. The van der Waals surface area contributed by atoms with E-state index in [1.807, 2.05) is 0 Å². The van der Waals surface area contributed by atoms with Crippen molar-refractivity contribution in [2.45, 2.75) is 0 Å². The molecule has 1 amide bonds. The summed E-state index contributed by atoms with van der Waals surface area (Å²) >= 11 is 8.79. The first kappa shape index (κ1) is 13.4. The highest BCUT2D eigenvalue weighted by Crippen LogP contribution is 2.22. The maximum Gasteiger partial charge on any atom is 0.239 e. The Morgan fingerprint density at radius 3 is 2.75 bits per heavy atom. The van der Waals surface area contributed by atoms with E-state index in [1.165, 1.54) is 12.3 Å². The summed E-state index contributed by atoms with van der Waals surface area (Å²) in [5, 5.41) is 2.66. The molecule has 0 saturated carbocycles. The Morgan fingerprint density at radius 1 is 1.62 bits per heavy atom. The van der Waals surface area contributed by atoms with Crippen LogP contribution in [0, 0.1) is 0 Å². The number of carbonyl (C=O) groups excluding carboxylic acids is 1. The minimum Gasteiger partial charge on any atom is -0.324 e. The molecule has 88 valence electrons. The molecule has 0 aliphatic carbocycles. The van der Waals surface area contributed by atoms with Crippen LogP contribution in [0.25, 0.3) is 0 Å². The fourth-order valence-electron chi connectivity index (χ4n) is 0.925. The topological polar surface area (TPSA) is 76.1 Å². The van der Waals surface area contributed by atoms with Crippen LogP contribution in [0.2, 0.25) is 5.15 Å². The molecule has 0 aliphatic rings. The molecule has 0 bridgehead atoms. The van der Waals surface area contributed by atoms with Crippen molar-refractivity contribution in [3.8, 4) is 0 Å². The number of anilines is 1. The standard InChI is InChI=1S/C8H8BrClN2O3S/c1-16(14,15)4-7(13)12-5-2-6(9)8(10)11-3-5/h2-3H,4H2,1H3,(H,12,13). The highest BCUT2D eigenvalue weighted by molar-refractivity contribution is 9.10. The van der Waals surface area contributed by atoms with E-state index in [1.54, 1.807) is 0 Å². The van der Waals surface area contributed by atoms with E-state index in [9.17, 15) is 13.2 Å². The van der Waals surface area contributed by atoms with Crippen molar-refractivity contribution in [3.63, 3.8) is 0 Å². The third-order valence-corrected chi connectivity index (χ3v) is 3.39. The molecule has 0 spiro atoms. The summed E-state index contributed by atoms with van der Waals surface area (Å²) in [6, 6.07) is 1.54. The number of sulfone groups is 1. The van der Waals surface area contributed by atoms with Gasteiger partial charge in [-0.2, -0.15) is 0 Å². The summed E-state index contributed by atoms with van der Waals surface area (Å²) in [7, 11) is -3.33. The van der Waals surface area contributed by atoms with Crippen LogP contribution in [-0.4, -0.2) is 31.3 Å². The van der Waals surface area contributed by atoms with Crippen LogP contribution in [0.1, 0.15) is 0 Å². The number of halogens is 2. The Hall–Kier alpha value is -0.660. The molecule has 1 N–H and O–H groups in total. The van der Waals surface area contributed by atoms with E-state index >= 15 is 0 Å². The maximum atomic E-state index is 11.3. The van der Waals surface area contributed by atoms with Crippen LogP contribution in [-0.2, 0) is 14.6 Å². The molecule has 0 aromatic carbocycles. The van der Waals surface area contributed by atoms with Gasteiger partial charge >= 0.3 is 0 Å². The number of amides is 1. The minimum absolute atomic E-state index is 0.265. The Kier molecular flexibility index (Phi) is 4.28. The Morgan fingerprint density at radius 2 is 2.25 bits per heavy atom. The van der Waals surface area contributed by atoms with Crippen molar-refractivity contribution in [1.82, 2.24) is 4.98 Å². The molecule has 0 atom stereocenters. The van der Waals surface area contributed by atoms with Crippen LogP contribution in [0.15, 0.2) is 16.7 Å². The molecule has 0 radical (unpaired) electrons. The summed E-state index contributed by atoms with van der Waals surface area (Å²) in [6.45, 7) is 0. The van der Waals surface area contributed by atoms with Gasteiger partial charge in [0, 0.05) is 6.26 Å². The second kappa shape index (κ2) is 5.11. The first-order valence-corrected chi connectivity index (χ1v) is 7.30. The molecule has 5 nitrogen and oxygen atoms in total. The molecule has 16 heavy (non-hydrogen) atoms. The molecule has 8 heteroatoms. The number of aromatic nitrogens is 1. The lowest BCUT2D eigenvalue weighted by Gasteiger charge is -2.04. The number of rotatable bonds is 3. The third-order valence-electron chi connectivity index (χ3n) is 1.47. The van der Waals surface area contributed by atoms with Gasteiger partial charge in [-0.3, -0.25) is 4.79 Å². The molecule has 1 rings (SSSR count). The van der Waals surface area contributed by atoms with Gasteiger partial charge in [0.05, 0.1) is 16.4 Å². The molecular formula is C8H8BrClN2O3S.